The number of carbonyl (C=O) groups is 2. The number of nitrogens with one attached hydrogen (secondary N) is 1. The lowest BCUT2D eigenvalue weighted by atomic mass is 9.94. The summed E-state index contributed by atoms with van der Waals surface area (Å²) in [6.07, 6.45) is 5.28. The molecule has 152 valence electrons. The molecule has 0 bridgehead atoms. The third-order valence-corrected chi connectivity index (χ3v) is 5.86. The predicted molar refractivity (Wildman–Crippen MR) is 112 cm³/mol. The van der Waals surface area contributed by atoms with Gasteiger partial charge in [-0.2, -0.15) is 0 Å². The Kier molecular flexibility index (Phi) is 6.05. The summed E-state index contributed by atoms with van der Waals surface area (Å²) >= 11 is 0. The maximum absolute atomic E-state index is 13.1. The molecule has 2 aliphatic heterocycles. The van der Waals surface area contributed by atoms with Crippen molar-refractivity contribution in [2.45, 2.75) is 44.9 Å². The number of benzene rings is 2. The molecule has 0 radical (unpaired) electrons. The molecule has 2 heterocycles. The average Bonchev–Trinajstić information content (AvgIpc) is 3.15. The second-order valence-electron chi connectivity index (χ2n) is 7.95. The molecule has 2 aromatic carbocycles. The first-order valence-corrected chi connectivity index (χ1v) is 10.6. The predicted octanol–water partition coefficient (Wildman–Crippen LogP) is 3.85. The van der Waals surface area contributed by atoms with E-state index in [1.54, 1.807) is 12.1 Å². The fourth-order valence-corrected chi connectivity index (χ4v) is 4.35. The number of halogens is 1. The van der Waals surface area contributed by atoms with Crippen LogP contribution in [0.4, 0.5) is 10.1 Å². The number of unbranched alkanes of at least 4 members (excludes halogenated alkanes) is 1. The Morgan fingerprint density at radius 3 is 2.69 bits per heavy atom. The van der Waals surface area contributed by atoms with Crippen LogP contribution >= 0.6 is 0 Å². The van der Waals surface area contributed by atoms with Crippen LogP contribution in [0.2, 0.25) is 0 Å². The number of aryl methyl sites for hydroxylation is 1. The summed E-state index contributed by atoms with van der Waals surface area (Å²) in [4.78, 5) is 26.6. The van der Waals surface area contributed by atoms with Crippen molar-refractivity contribution >= 4 is 17.4 Å². The molecule has 1 N–H and O–H groups in total. The van der Waals surface area contributed by atoms with Crippen LogP contribution in [-0.2, 0) is 24.1 Å². The molecule has 4 rings (SSSR count). The van der Waals surface area contributed by atoms with E-state index in [1.165, 1.54) is 6.07 Å². The number of nitrogens with zero attached hydrogens (tertiary/aromatic N) is 1. The first-order chi connectivity index (χ1) is 14.1. The Bertz CT molecular complexity index is 925. The van der Waals surface area contributed by atoms with Crippen molar-refractivity contribution in [3.05, 3.63) is 64.5 Å². The number of hydrogen-bond acceptors (Lipinski definition) is 3. The van der Waals surface area contributed by atoms with E-state index in [-0.39, 0.29) is 17.5 Å². The van der Waals surface area contributed by atoms with Crippen LogP contribution in [0.5, 0.6) is 0 Å². The second kappa shape index (κ2) is 8.87. The fraction of sp³-hybridized carbons (Fsp3) is 0.417. The van der Waals surface area contributed by atoms with E-state index in [4.69, 9.17) is 0 Å². The normalized spacial score (nSPS) is 14.9. The highest BCUT2D eigenvalue weighted by Gasteiger charge is 2.31. The minimum absolute atomic E-state index is 0.193. The van der Waals surface area contributed by atoms with E-state index in [2.05, 4.69) is 5.32 Å². The zero-order valence-corrected chi connectivity index (χ0v) is 16.7. The van der Waals surface area contributed by atoms with Crippen molar-refractivity contribution < 1.29 is 14.0 Å². The highest BCUT2D eigenvalue weighted by atomic mass is 19.1. The van der Waals surface area contributed by atoms with Gasteiger partial charge in [-0.1, -0.05) is 12.1 Å². The van der Waals surface area contributed by atoms with Crippen molar-refractivity contribution in [1.82, 2.24) is 5.32 Å². The number of anilines is 1. The molecule has 5 heteroatoms. The van der Waals surface area contributed by atoms with Crippen LogP contribution in [0, 0.1) is 5.82 Å². The molecule has 0 saturated carbocycles. The lowest BCUT2D eigenvalue weighted by molar-refractivity contribution is -0.118. The summed E-state index contributed by atoms with van der Waals surface area (Å²) in [6, 6.07) is 10.7. The van der Waals surface area contributed by atoms with E-state index < -0.39 is 0 Å². The fourth-order valence-electron chi connectivity index (χ4n) is 4.35. The molecule has 4 nitrogen and oxygen atoms in total. The van der Waals surface area contributed by atoms with Crippen LogP contribution < -0.4 is 10.2 Å². The van der Waals surface area contributed by atoms with E-state index >= 15 is 0 Å². The van der Waals surface area contributed by atoms with Gasteiger partial charge in [0.15, 0.2) is 5.78 Å². The Morgan fingerprint density at radius 2 is 1.86 bits per heavy atom. The quantitative estimate of drug-likeness (QED) is 0.519. The van der Waals surface area contributed by atoms with Gasteiger partial charge in [0.05, 0.1) is 5.69 Å². The molecule has 0 atom stereocenters. The SMILES string of the molecule is O=C(CCCCNCCc1cccc(F)c1)c1cc2c3c(c1)CCN3C(=O)CC2. The minimum Gasteiger partial charge on any atom is -0.316 e. The van der Waals surface area contributed by atoms with Crippen molar-refractivity contribution in [3.8, 4) is 0 Å². The topological polar surface area (TPSA) is 49.4 Å². The average molecular weight is 394 g/mol. The van der Waals surface area contributed by atoms with Gasteiger partial charge in [0.1, 0.15) is 5.82 Å². The third-order valence-electron chi connectivity index (χ3n) is 5.86. The standard InChI is InChI=1S/C24H27FN2O2/c25-21-5-3-4-17(14-21)9-12-26-11-2-1-6-22(28)20-15-18-7-8-23(29)27-13-10-19(16-20)24(18)27/h3-5,14-16,26H,1-2,6-13H2. The van der Waals surface area contributed by atoms with Crippen LogP contribution in [0.1, 0.15) is 52.7 Å². The first kappa shape index (κ1) is 19.8. The Balaban J connectivity index is 1.20. The minimum atomic E-state index is -0.193. The van der Waals surface area contributed by atoms with Gasteiger partial charge in [-0.15, -0.1) is 0 Å². The van der Waals surface area contributed by atoms with E-state index in [0.717, 1.165) is 79.7 Å². The largest absolute Gasteiger partial charge is 0.316 e. The van der Waals surface area contributed by atoms with Gasteiger partial charge in [0, 0.05) is 24.9 Å². The molecule has 0 spiro atoms. The smallest absolute Gasteiger partial charge is 0.227 e. The van der Waals surface area contributed by atoms with Crippen LogP contribution in [0.15, 0.2) is 36.4 Å². The second-order valence-corrected chi connectivity index (χ2v) is 7.95. The number of carbonyl (C=O) groups excluding carboxylic acids is 2. The lowest BCUT2D eigenvalue weighted by Gasteiger charge is -2.25. The van der Waals surface area contributed by atoms with Gasteiger partial charge >= 0.3 is 0 Å². The molecule has 0 aromatic heterocycles. The summed E-state index contributed by atoms with van der Waals surface area (Å²) < 4.78 is 13.1. The number of rotatable bonds is 9. The molecule has 0 unspecified atom stereocenters. The number of amides is 1. The van der Waals surface area contributed by atoms with E-state index in [0.29, 0.717) is 12.8 Å². The van der Waals surface area contributed by atoms with Crippen molar-refractivity contribution in [3.63, 3.8) is 0 Å². The monoisotopic (exact) mass is 394 g/mol. The molecule has 1 amide bonds. The van der Waals surface area contributed by atoms with Gasteiger partial charge in [-0.3, -0.25) is 9.59 Å². The molecule has 0 saturated heterocycles. The number of hydrogen-bond donors (Lipinski definition) is 1. The van der Waals surface area contributed by atoms with Gasteiger partial charge in [-0.05, 0) is 86.1 Å². The van der Waals surface area contributed by atoms with Crippen molar-refractivity contribution in [1.29, 1.82) is 0 Å². The molecular weight excluding hydrogens is 367 g/mol. The zero-order chi connectivity index (χ0) is 20.2. The Morgan fingerprint density at radius 1 is 1.03 bits per heavy atom. The van der Waals surface area contributed by atoms with Gasteiger partial charge in [0.25, 0.3) is 0 Å². The summed E-state index contributed by atoms with van der Waals surface area (Å²) in [5.74, 6) is 0.209. The lowest BCUT2D eigenvalue weighted by Crippen LogP contribution is -2.32. The summed E-state index contributed by atoms with van der Waals surface area (Å²) in [7, 11) is 0. The maximum atomic E-state index is 13.1. The van der Waals surface area contributed by atoms with Gasteiger partial charge in [0.2, 0.25) is 5.91 Å². The molecule has 2 aliphatic rings. The highest BCUT2D eigenvalue weighted by Crippen LogP contribution is 2.37. The summed E-state index contributed by atoms with van der Waals surface area (Å²) in [5, 5.41) is 3.36. The molecule has 29 heavy (non-hydrogen) atoms. The molecule has 2 aromatic rings. The summed E-state index contributed by atoms with van der Waals surface area (Å²) in [5.41, 5.74) is 5.17. The maximum Gasteiger partial charge on any atom is 0.227 e. The highest BCUT2D eigenvalue weighted by molar-refractivity contribution is 6.02. The van der Waals surface area contributed by atoms with Crippen LogP contribution in [0.3, 0.4) is 0 Å². The molecule has 0 fully saturated rings. The van der Waals surface area contributed by atoms with Crippen LogP contribution in [0.25, 0.3) is 0 Å². The number of ketones is 1. The summed E-state index contributed by atoms with van der Waals surface area (Å²) in [6.45, 7) is 2.41. The van der Waals surface area contributed by atoms with Gasteiger partial charge in [-0.25, -0.2) is 4.39 Å². The first-order valence-electron chi connectivity index (χ1n) is 10.6. The van der Waals surface area contributed by atoms with E-state index in [9.17, 15) is 14.0 Å². The van der Waals surface area contributed by atoms with E-state index in [1.807, 2.05) is 23.1 Å². The number of Topliss-reactive ketones (excluding diaryl/α,β-unsaturated/α-hetero) is 1. The third kappa shape index (κ3) is 4.56. The molecule has 0 aliphatic carbocycles. The molecular formula is C24H27FN2O2. The Hall–Kier alpha value is -2.53. The van der Waals surface area contributed by atoms with Gasteiger partial charge < -0.3 is 10.2 Å². The van der Waals surface area contributed by atoms with Crippen molar-refractivity contribution in [2.24, 2.45) is 0 Å². The van der Waals surface area contributed by atoms with Crippen LogP contribution in [-0.4, -0.2) is 31.3 Å². The Labute approximate surface area is 171 Å². The van der Waals surface area contributed by atoms with Crippen molar-refractivity contribution in [2.75, 3.05) is 24.5 Å². The zero-order valence-electron chi connectivity index (χ0n) is 16.7.